The number of pyridine rings is 1. The molecule has 0 unspecified atom stereocenters. The lowest BCUT2D eigenvalue weighted by Gasteiger charge is -2.72. The number of aromatic nitrogens is 1. The highest BCUT2D eigenvalue weighted by atomic mass is 16.5. The molecule has 0 aromatic carbocycles. The number of aliphatic carboxylic acids is 1. The average molecular weight is 704 g/mol. The van der Waals surface area contributed by atoms with Crippen molar-refractivity contribution in [3.05, 3.63) is 35.2 Å². The normalized spacial score (nSPS) is 37.1. The van der Waals surface area contributed by atoms with E-state index in [9.17, 15) is 24.3 Å². The monoisotopic (exact) mass is 703 g/mol. The fraction of sp³-hybridized carbons (Fsp3) is 0.738. The van der Waals surface area contributed by atoms with Crippen LogP contribution in [0.25, 0.3) is 0 Å². The summed E-state index contributed by atoms with van der Waals surface area (Å²) < 4.78 is 6.15. The molecule has 0 aliphatic heterocycles. The number of allylic oxidation sites excluding steroid dienone is 1. The third kappa shape index (κ3) is 5.83. The number of ketones is 1. The van der Waals surface area contributed by atoms with Gasteiger partial charge in [0.25, 0.3) is 0 Å². The zero-order valence-corrected chi connectivity index (χ0v) is 32.6. The van der Waals surface area contributed by atoms with E-state index in [1.165, 1.54) is 5.57 Å². The van der Waals surface area contributed by atoms with E-state index in [1.807, 2.05) is 13.0 Å². The van der Waals surface area contributed by atoms with Crippen LogP contribution in [0.15, 0.2) is 29.5 Å². The molecule has 1 heterocycles. The molecule has 0 bridgehead atoms. The molecule has 0 radical (unpaired) electrons. The van der Waals surface area contributed by atoms with Gasteiger partial charge in [-0.25, -0.2) is 4.79 Å². The highest BCUT2D eigenvalue weighted by molar-refractivity contribution is 6.03. The number of nitrogens with one attached hydrogen (secondary N) is 2. The number of carbonyl (C=O) groups excluding carboxylic acids is 3. The smallest absolute Gasteiger partial charge is 0.319 e. The number of hydrogen-bond acceptors (Lipinski definition) is 6. The van der Waals surface area contributed by atoms with Crippen molar-refractivity contribution in [3.8, 4) is 0 Å². The van der Waals surface area contributed by atoms with Crippen molar-refractivity contribution in [3.63, 3.8) is 0 Å². The summed E-state index contributed by atoms with van der Waals surface area (Å²) in [4.78, 5) is 56.6. The largest absolute Gasteiger partial charge is 0.481 e. The SMILES string of the molecule is Cc1cc(NC(=O)N[C@@]23CC[C@]4(C)[C@H](CC[C@@H]5[C@@]6(C)CC[C@H](OC(=O)CC(C)(C)C(=O)O)C(C)(C)[C@@H]6CC[C@]54C)C2=C(C(C)C)C(=O)C3)ccn1. The average Bonchev–Trinajstić information content (AvgIpc) is 3.30. The number of anilines is 1. The number of rotatable bonds is 7. The maximum Gasteiger partial charge on any atom is 0.319 e. The second kappa shape index (κ2) is 12.4. The van der Waals surface area contributed by atoms with E-state index in [2.05, 4.69) is 64.1 Å². The summed E-state index contributed by atoms with van der Waals surface area (Å²) in [6.45, 7) is 21.3. The fourth-order valence-corrected chi connectivity index (χ4v) is 12.6. The second-order valence-electron chi connectivity index (χ2n) is 19.2. The Balaban J connectivity index is 1.28. The molecule has 5 aliphatic carbocycles. The number of carboxylic acid groups (broad SMARTS) is 1. The Morgan fingerprint density at radius 3 is 2.33 bits per heavy atom. The Morgan fingerprint density at radius 2 is 1.69 bits per heavy atom. The van der Waals surface area contributed by atoms with Crippen LogP contribution >= 0.6 is 0 Å². The number of Topliss-reactive ketones (excluding diaryl/α,β-unsaturated/α-hetero) is 1. The lowest BCUT2D eigenvalue weighted by molar-refractivity contribution is -0.232. The molecule has 9 nitrogen and oxygen atoms in total. The number of aryl methyl sites for hydroxylation is 1. The van der Waals surface area contributed by atoms with Crippen molar-refractivity contribution in [1.82, 2.24) is 10.3 Å². The molecule has 4 saturated carbocycles. The molecule has 0 saturated heterocycles. The molecule has 6 rings (SSSR count). The number of ether oxygens (including phenoxy) is 1. The van der Waals surface area contributed by atoms with Gasteiger partial charge in [-0.2, -0.15) is 0 Å². The first-order valence-corrected chi connectivity index (χ1v) is 19.3. The summed E-state index contributed by atoms with van der Waals surface area (Å²) >= 11 is 0. The Labute approximate surface area is 304 Å². The van der Waals surface area contributed by atoms with Crippen LogP contribution in [0.4, 0.5) is 10.5 Å². The van der Waals surface area contributed by atoms with Crippen LogP contribution in [0.2, 0.25) is 0 Å². The zero-order chi connectivity index (χ0) is 37.5. The minimum Gasteiger partial charge on any atom is -0.481 e. The van der Waals surface area contributed by atoms with Gasteiger partial charge in [0.15, 0.2) is 5.78 Å². The molecule has 3 N–H and O–H groups in total. The summed E-state index contributed by atoms with van der Waals surface area (Å²) in [6.07, 6.45) is 9.13. The van der Waals surface area contributed by atoms with Crippen molar-refractivity contribution in [2.24, 2.45) is 50.7 Å². The highest BCUT2D eigenvalue weighted by Crippen LogP contribution is 2.76. The topological polar surface area (TPSA) is 135 Å². The van der Waals surface area contributed by atoms with Gasteiger partial charge < -0.3 is 20.5 Å². The lowest BCUT2D eigenvalue weighted by atomic mass is 9.33. The molecule has 1 aromatic rings. The van der Waals surface area contributed by atoms with E-state index in [0.29, 0.717) is 23.9 Å². The minimum atomic E-state index is -1.17. The quantitative estimate of drug-likeness (QED) is 0.242. The van der Waals surface area contributed by atoms with Gasteiger partial charge in [-0.1, -0.05) is 48.5 Å². The molecule has 0 spiro atoms. The maximum atomic E-state index is 13.9. The first-order valence-electron chi connectivity index (χ1n) is 19.3. The zero-order valence-electron chi connectivity index (χ0n) is 32.6. The first-order chi connectivity index (χ1) is 23.6. The van der Waals surface area contributed by atoms with Gasteiger partial charge in [0, 0.05) is 29.4 Å². The van der Waals surface area contributed by atoms with Crippen molar-refractivity contribution in [1.29, 1.82) is 0 Å². The van der Waals surface area contributed by atoms with Crippen molar-refractivity contribution in [2.45, 2.75) is 145 Å². The number of carboxylic acids is 1. The first kappa shape index (κ1) is 37.5. The molecular formula is C42H61N3O6. The van der Waals surface area contributed by atoms with E-state index in [4.69, 9.17) is 4.74 Å². The summed E-state index contributed by atoms with van der Waals surface area (Å²) in [7, 11) is 0. The number of amides is 2. The van der Waals surface area contributed by atoms with Crippen molar-refractivity contribution < 1.29 is 29.0 Å². The number of fused-ring (bicyclic) bond motifs is 7. The number of hydrogen-bond donors (Lipinski definition) is 3. The number of urea groups is 1. The fourth-order valence-electron chi connectivity index (χ4n) is 12.6. The molecular weight excluding hydrogens is 642 g/mol. The molecule has 1 aromatic heterocycles. The minimum absolute atomic E-state index is 0.0238. The predicted octanol–water partition coefficient (Wildman–Crippen LogP) is 8.66. The predicted molar refractivity (Wildman–Crippen MR) is 197 cm³/mol. The summed E-state index contributed by atoms with van der Waals surface area (Å²) in [5.41, 5.74) is 1.55. The van der Waals surface area contributed by atoms with Gasteiger partial charge in [0.1, 0.15) is 6.10 Å². The van der Waals surface area contributed by atoms with Crippen molar-refractivity contribution >= 4 is 29.4 Å². The Kier molecular flexibility index (Phi) is 9.15. The standard InChI is InChI=1S/C42H61N3O6/c1-24(2)33-28(46)22-42(45-36(50)44-26-15-20-43-25(3)21-26)19-18-40(9)27(34(33)42)11-12-30-39(8)16-14-31(51-32(47)23-37(4,5)35(48)49)38(6,7)29(39)13-17-41(30,40)10/h15,20-21,24,27,29-31H,11-14,16-19,22-23H2,1-10H3,(H,48,49)(H2,43,44,45,50)/t27-,29+,30-,31+,39+,40-,41-,42-/m1/s1. The summed E-state index contributed by atoms with van der Waals surface area (Å²) in [6, 6.07) is 3.36. The van der Waals surface area contributed by atoms with Crippen LogP contribution in [-0.2, 0) is 19.1 Å². The number of carbonyl (C=O) groups is 4. The second-order valence-corrected chi connectivity index (χ2v) is 19.2. The Bertz CT molecular complexity index is 1660. The third-order valence-electron chi connectivity index (χ3n) is 15.3. The van der Waals surface area contributed by atoms with Gasteiger partial charge in [0.05, 0.1) is 17.4 Å². The van der Waals surface area contributed by atoms with Gasteiger partial charge in [0.2, 0.25) is 0 Å². The Hall–Kier alpha value is -3.23. The molecule has 280 valence electrons. The van der Waals surface area contributed by atoms with Gasteiger partial charge in [-0.3, -0.25) is 19.4 Å². The van der Waals surface area contributed by atoms with Crippen LogP contribution in [0.1, 0.15) is 132 Å². The molecule has 8 atom stereocenters. The van der Waals surface area contributed by atoms with Gasteiger partial charge in [-0.15, -0.1) is 0 Å². The van der Waals surface area contributed by atoms with Gasteiger partial charge >= 0.3 is 18.0 Å². The van der Waals surface area contributed by atoms with Crippen LogP contribution in [0, 0.1) is 57.7 Å². The highest BCUT2D eigenvalue weighted by Gasteiger charge is 2.70. The van der Waals surface area contributed by atoms with E-state index >= 15 is 0 Å². The molecule has 9 heteroatoms. The number of esters is 1. The van der Waals surface area contributed by atoms with Crippen LogP contribution in [0.3, 0.4) is 0 Å². The maximum absolute atomic E-state index is 13.9. The van der Waals surface area contributed by atoms with E-state index in [0.717, 1.165) is 62.6 Å². The van der Waals surface area contributed by atoms with E-state index in [-0.39, 0.29) is 57.8 Å². The summed E-state index contributed by atoms with van der Waals surface area (Å²) in [5.74, 6) is -0.166. The van der Waals surface area contributed by atoms with Crippen molar-refractivity contribution in [2.75, 3.05) is 5.32 Å². The number of nitrogens with zero attached hydrogens (tertiary/aromatic N) is 1. The summed E-state index contributed by atoms with van der Waals surface area (Å²) in [5, 5.41) is 16.0. The molecule has 51 heavy (non-hydrogen) atoms. The molecule has 2 amide bonds. The van der Waals surface area contributed by atoms with E-state index in [1.54, 1.807) is 26.1 Å². The molecule has 5 aliphatic rings. The van der Waals surface area contributed by atoms with Crippen LogP contribution in [0.5, 0.6) is 0 Å². The van der Waals surface area contributed by atoms with Gasteiger partial charge in [-0.05, 0) is 135 Å². The Morgan fingerprint density at radius 1 is 0.980 bits per heavy atom. The van der Waals surface area contributed by atoms with E-state index < -0.39 is 22.9 Å². The van der Waals surface area contributed by atoms with Crippen LogP contribution in [-0.4, -0.2) is 45.5 Å². The molecule has 4 fully saturated rings. The third-order valence-corrected chi connectivity index (χ3v) is 15.3. The van der Waals surface area contributed by atoms with Crippen LogP contribution < -0.4 is 10.6 Å². The lowest BCUT2D eigenvalue weighted by Crippen LogP contribution is -2.67.